The first-order valence-corrected chi connectivity index (χ1v) is 14.4. The number of hydrogen-bond donors (Lipinski definition) is 1. The molecule has 0 bridgehead atoms. The Bertz CT molecular complexity index is 1500. The maximum absolute atomic E-state index is 13.3. The van der Waals surface area contributed by atoms with Gasteiger partial charge >= 0.3 is 11.9 Å². The summed E-state index contributed by atoms with van der Waals surface area (Å²) in [5.74, 6) is 0.0595. The van der Waals surface area contributed by atoms with E-state index < -0.39 is 24.1 Å². The number of hydrogen-bond acceptors (Lipinski definition) is 9. The molecule has 1 aliphatic carbocycles. The first-order valence-electron chi connectivity index (χ1n) is 14.4. The number of nitrogens with one attached hydrogen (secondary N) is 1. The Morgan fingerprint density at radius 3 is 2.69 bits per heavy atom. The predicted octanol–water partition coefficient (Wildman–Crippen LogP) is 3.95. The van der Waals surface area contributed by atoms with Crippen molar-refractivity contribution in [2.45, 2.75) is 37.5 Å². The minimum absolute atomic E-state index is 0.0188. The largest absolute Gasteiger partial charge is 0.497 e. The Balaban J connectivity index is 1.24. The molecule has 1 saturated carbocycles. The number of benzene rings is 1. The van der Waals surface area contributed by atoms with Gasteiger partial charge in [0.2, 0.25) is 5.88 Å². The maximum atomic E-state index is 13.3. The fraction of sp³-hybridized carbons (Fsp3) is 0.469. The van der Waals surface area contributed by atoms with E-state index in [1.807, 2.05) is 12.1 Å². The van der Waals surface area contributed by atoms with Gasteiger partial charge in [0, 0.05) is 61.2 Å². The van der Waals surface area contributed by atoms with Crippen molar-refractivity contribution in [3.63, 3.8) is 0 Å². The number of piperidine rings is 1. The SMILES string of the molecule is COC(=O)[C@H]1[C@H]2C[C@@H]3c4[nH]c5cc(OC)ccc5c4CCN3C[C@H]2C[C@@H](OC(=O)/C=C/c2ccnc(OC)c2)[C@@H]1OC. The van der Waals surface area contributed by atoms with Gasteiger partial charge in [-0.15, -0.1) is 0 Å². The molecule has 3 aromatic rings. The predicted molar refractivity (Wildman–Crippen MR) is 155 cm³/mol. The zero-order valence-electron chi connectivity index (χ0n) is 24.4. The summed E-state index contributed by atoms with van der Waals surface area (Å²) in [5.41, 5.74) is 4.38. The van der Waals surface area contributed by atoms with Gasteiger partial charge in [0.05, 0.1) is 33.3 Å². The lowest BCUT2D eigenvalue weighted by Crippen LogP contribution is -2.58. The molecule has 2 aliphatic heterocycles. The van der Waals surface area contributed by atoms with E-state index in [0.717, 1.165) is 42.8 Å². The third-order valence-corrected chi connectivity index (χ3v) is 9.25. The van der Waals surface area contributed by atoms with Crippen LogP contribution in [0.1, 0.15) is 35.7 Å². The summed E-state index contributed by atoms with van der Waals surface area (Å²) in [6.07, 6.45) is 5.80. The number of aromatic nitrogens is 2. The van der Waals surface area contributed by atoms with Gasteiger partial charge in [0.15, 0.2) is 0 Å². The number of H-pyrrole nitrogens is 1. The third-order valence-electron chi connectivity index (χ3n) is 9.25. The molecule has 2 fully saturated rings. The van der Waals surface area contributed by atoms with Gasteiger partial charge in [-0.25, -0.2) is 9.78 Å². The van der Waals surface area contributed by atoms with Crippen molar-refractivity contribution < 1.29 is 33.3 Å². The molecule has 0 radical (unpaired) electrons. The summed E-state index contributed by atoms with van der Waals surface area (Å²) in [6.45, 7) is 1.73. The van der Waals surface area contributed by atoms with E-state index in [-0.39, 0.29) is 23.8 Å². The number of methoxy groups -OCH3 is 4. The van der Waals surface area contributed by atoms with Crippen LogP contribution >= 0.6 is 0 Å². The molecule has 10 nitrogen and oxygen atoms in total. The highest BCUT2D eigenvalue weighted by Crippen LogP contribution is 2.50. The van der Waals surface area contributed by atoms with Crippen molar-refractivity contribution >= 4 is 28.9 Å². The second-order valence-electron chi connectivity index (χ2n) is 11.3. The zero-order chi connectivity index (χ0) is 29.4. The first kappa shape index (κ1) is 28.2. The van der Waals surface area contributed by atoms with E-state index in [1.54, 1.807) is 38.6 Å². The van der Waals surface area contributed by atoms with Gasteiger partial charge < -0.3 is 28.7 Å². The molecule has 6 atom stereocenters. The first-order chi connectivity index (χ1) is 20.4. The fourth-order valence-corrected chi connectivity index (χ4v) is 7.35. The van der Waals surface area contributed by atoms with Crippen molar-refractivity contribution in [3.8, 4) is 11.6 Å². The molecule has 0 unspecified atom stereocenters. The second kappa shape index (κ2) is 11.8. The van der Waals surface area contributed by atoms with Crippen LogP contribution in [0.3, 0.4) is 0 Å². The molecule has 6 rings (SSSR count). The van der Waals surface area contributed by atoms with Crippen molar-refractivity contribution in [2.24, 2.45) is 17.8 Å². The van der Waals surface area contributed by atoms with E-state index in [4.69, 9.17) is 23.7 Å². The van der Waals surface area contributed by atoms with Crippen molar-refractivity contribution in [3.05, 3.63) is 59.4 Å². The van der Waals surface area contributed by atoms with Crippen LogP contribution in [-0.2, 0) is 30.2 Å². The average molecular weight is 576 g/mol. The standard InChI is InChI=1S/C32H37N3O7/c1-38-20-6-7-21-22-10-12-35-17-19-14-26(42-28(36)8-5-18-9-11-33-27(13-18)39-2)31(40-3)29(32(37)41-4)23(19)16-25(35)30(22)34-24(21)15-20/h5-9,11,13,15,19,23,25-26,29,31,34H,10,12,14,16-17H2,1-4H3/b8-5+/t19-,23+,25-,26-,29+,31+/m1/s1. The molecule has 0 amide bonds. The normalized spacial score (nSPS) is 27.1. The highest BCUT2D eigenvalue weighted by molar-refractivity contribution is 5.87. The number of nitrogens with zero attached hydrogens (tertiary/aromatic N) is 2. The maximum Gasteiger partial charge on any atom is 0.331 e. The third kappa shape index (κ3) is 5.13. The molecule has 222 valence electrons. The monoisotopic (exact) mass is 575 g/mol. The summed E-state index contributed by atoms with van der Waals surface area (Å²) in [7, 11) is 6.19. The Labute approximate surface area is 244 Å². The molecule has 4 heterocycles. The number of aromatic amines is 1. The van der Waals surface area contributed by atoms with Gasteiger partial charge in [-0.05, 0) is 66.5 Å². The molecule has 1 saturated heterocycles. The summed E-state index contributed by atoms with van der Waals surface area (Å²) >= 11 is 0. The minimum atomic E-state index is -0.612. The van der Waals surface area contributed by atoms with Crippen molar-refractivity contribution in [1.82, 2.24) is 14.9 Å². The highest BCUT2D eigenvalue weighted by atomic mass is 16.6. The van der Waals surface area contributed by atoms with Crippen LogP contribution in [0.25, 0.3) is 17.0 Å². The zero-order valence-corrected chi connectivity index (χ0v) is 24.4. The van der Waals surface area contributed by atoms with Crippen LogP contribution in [0.4, 0.5) is 0 Å². The second-order valence-corrected chi connectivity index (χ2v) is 11.3. The number of carbonyl (C=O) groups is 2. The lowest BCUT2D eigenvalue weighted by molar-refractivity contribution is -0.187. The van der Waals surface area contributed by atoms with Gasteiger partial charge in [0.1, 0.15) is 18.0 Å². The number of rotatable bonds is 7. The Hall–Kier alpha value is -3.89. The summed E-state index contributed by atoms with van der Waals surface area (Å²) < 4.78 is 27.8. The van der Waals surface area contributed by atoms with E-state index >= 15 is 0 Å². The number of ether oxygens (including phenoxy) is 5. The van der Waals surface area contributed by atoms with Crippen molar-refractivity contribution in [1.29, 1.82) is 0 Å². The van der Waals surface area contributed by atoms with Crippen LogP contribution < -0.4 is 9.47 Å². The van der Waals surface area contributed by atoms with Crippen LogP contribution in [0.15, 0.2) is 42.6 Å². The summed E-state index contributed by atoms with van der Waals surface area (Å²) in [4.78, 5) is 36.5. The average Bonchev–Trinajstić information content (AvgIpc) is 3.40. The molecular formula is C32H37N3O7. The van der Waals surface area contributed by atoms with Gasteiger partial charge in [-0.2, -0.15) is 0 Å². The smallest absolute Gasteiger partial charge is 0.331 e. The minimum Gasteiger partial charge on any atom is -0.497 e. The molecule has 42 heavy (non-hydrogen) atoms. The number of carbonyl (C=O) groups excluding carboxylic acids is 2. The van der Waals surface area contributed by atoms with Crippen LogP contribution in [0.5, 0.6) is 11.6 Å². The molecule has 0 spiro atoms. The van der Waals surface area contributed by atoms with Crippen molar-refractivity contribution in [2.75, 3.05) is 41.5 Å². The van der Waals surface area contributed by atoms with Crippen LogP contribution in [0, 0.1) is 17.8 Å². The van der Waals surface area contributed by atoms with Crippen LogP contribution in [0.2, 0.25) is 0 Å². The van der Waals surface area contributed by atoms with Gasteiger partial charge in [0.25, 0.3) is 0 Å². The summed E-state index contributed by atoms with van der Waals surface area (Å²) in [5, 5.41) is 1.22. The number of esters is 2. The molecule has 10 heteroatoms. The lowest BCUT2D eigenvalue weighted by Gasteiger charge is -2.52. The van der Waals surface area contributed by atoms with E-state index in [1.165, 1.54) is 36.9 Å². The quantitative estimate of drug-likeness (QED) is 0.331. The molecule has 1 aromatic carbocycles. The molecule has 2 aromatic heterocycles. The molecular weight excluding hydrogens is 538 g/mol. The molecule has 1 N–H and O–H groups in total. The van der Waals surface area contributed by atoms with Gasteiger partial charge in [-0.1, -0.05) is 0 Å². The number of pyridine rings is 1. The fourth-order valence-electron chi connectivity index (χ4n) is 7.35. The number of fused-ring (bicyclic) bond motifs is 6. The van der Waals surface area contributed by atoms with E-state index in [0.29, 0.717) is 12.3 Å². The highest BCUT2D eigenvalue weighted by Gasteiger charge is 2.54. The van der Waals surface area contributed by atoms with Gasteiger partial charge in [-0.3, -0.25) is 9.69 Å². The molecule has 3 aliphatic rings. The Morgan fingerprint density at radius 2 is 1.93 bits per heavy atom. The van der Waals surface area contributed by atoms with E-state index in [9.17, 15) is 9.59 Å². The summed E-state index contributed by atoms with van der Waals surface area (Å²) in [6, 6.07) is 9.82. The van der Waals surface area contributed by atoms with Crippen LogP contribution in [-0.4, -0.2) is 80.5 Å². The Morgan fingerprint density at radius 1 is 1.07 bits per heavy atom. The Kier molecular flexibility index (Phi) is 7.92. The topological polar surface area (TPSA) is 112 Å². The van der Waals surface area contributed by atoms with E-state index in [2.05, 4.69) is 20.9 Å². The lowest BCUT2D eigenvalue weighted by atomic mass is 9.63.